The topological polar surface area (TPSA) is 49.9 Å². The van der Waals surface area contributed by atoms with Gasteiger partial charge in [0.25, 0.3) is 0 Å². The lowest BCUT2D eigenvalue weighted by Crippen LogP contribution is -2.06. The molecule has 0 aliphatic rings. The highest BCUT2D eigenvalue weighted by molar-refractivity contribution is 5.86. The number of fused-ring (bicyclic) bond motifs is 1. The summed E-state index contributed by atoms with van der Waals surface area (Å²) in [6.07, 6.45) is 0.584. The molecule has 0 radical (unpaired) electrons. The average molecular weight is 219 g/mol. The lowest BCUT2D eigenvalue weighted by molar-refractivity contribution is -0.107. The molecule has 82 valence electrons. The number of carbonyl (C=O) groups excluding carboxylic acids is 1. The molecule has 0 spiro atoms. The van der Waals surface area contributed by atoms with Gasteiger partial charge in [-0.2, -0.15) is 0 Å². The molecule has 2 aromatic rings. The highest BCUT2D eigenvalue weighted by Crippen LogP contribution is 2.22. The molecule has 0 aliphatic carbocycles. The van der Waals surface area contributed by atoms with Crippen molar-refractivity contribution in [3.8, 4) is 0 Å². The van der Waals surface area contributed by atoms with E-state index in [9.17, 15) is 14.0 Å². The minimum atomic E-state index is -0.459. The zero-order chi connectivity index (χ0) is 11.7. The van der Waals surface area contributed by atoms with Crippen LogP contribution in [0.4, 0.5) is 4.39 Å². The summed E-state index contributed by atoms with van der Waals surface area (Å²) in [7, 11) is 0. The Hall–Kier alpha value is -1.97. The van der Waals surface area contributed by atoms with Gasteiger partial charge >= 0.3 is 0 Å². The number of aryl methyl sites for hydroxylation is 1. The van der Waals surface area contributed by atoms with E-state index in [2.05, 4.69) is 4.98 Å². The Kier molecular flexibility index (Phi) is 2.56. The molecule has 3 nitrogen and oxygen atoms in total. The van der Waals surface area contributed by atoms with Crippen LogP contribution in [-0.4, -0.2) is 11.3 Å². The second-order valence-electron chi connectivity index (χ2n) is 3.64. The lowest BCUT2D eigenvalue weighted by atomic mass is 10.0. The largest absolute Gasteiger partial charge is 0.322 e. The van der Waals surface area contributed by atoms with Gasteiger partial charge in [0.05, 0.1) is 5.52 Å². The summed E-state index contributed by atoms with van der Waals surface area (Å²) in [6, 6.07) is 4.40. The van der Waals surface area contributed by atoms with Gasteiger partial charge in [0, 0.05) is 23.4 Å². The minimum Gasteiger partial charge on any atom is -0.322 e. The van der Waals surface area contributed by atoms with Crippen LogP contribution in [-0.2, 0) is 11.2 Å². The van der Waals surface area contributed by atoms with Crippen LogP contribution in [0.2, 0.25) is 0 Å². The first-order chi connectivity index (χ1) is 7.63. The highest BCUT2D eigenvalue weighted by Gasteiger charge is 2.10. The van der Waals surface area contributed by atoms with E-state index < -0.39 is 5.82 Å². The van der Waals surface area contributed by atoms with Crippen LogP contribution in [0.1, 0.15) is 11.1 Å². The van der Waals surface area contributed by atoms with E-state index in [1.165, 1.54) is 12.1 Å². The molecule has 0 saturated heterocycles. The molecule has 16 heavy (non-hydrogen) atoms. The Labute approximate surface area is 90.9 Å². The molecule has 0 unspecified atom stereocenters. The summed E-state index contributed by atoms with van der Waals surface area (Å²) in [6.45, 7) is 1.76. The third-order valence-electron chi connectivity index (χ3n) is 2.56. The zero-order valence-corrected chi connectivity index (χ0v) is 8.71. The molecule has 1 aromatic heterocycles. The minimum absolute atomic E-state index is 0.0391. The number of pyridine rings is 1. The van der Waals surface area contributed by atoms with E-state index in [0.717, 1.165) is 10.9 Å². The van der Waals surface area contributed by atoms with Crippen LogP contribution in [0.15, 0.2) is 23.0 Å². The fourth-order valence-electron chi connectivity index (χ4n) is 1.80. The number of H-pyrrole nitrogens is 1. The van der Waals surface area contributed by atoms with E-state index in [0.29, 0.717) is 11.8 Å². The quantitative estimate of drug-likeness (QED) is 0.782. The van der Waals surface area contributed by atoms with Crippen molar-refractivity contribution in [3.05, 3.63) is 45.5 Å². The fourth-order valence-corrected chi connectivity index (χ4v) is 1.80. The van der Waals surface area contributed by atoms with Gasteiger partial charge in [-0.25, -0.2) is 4.39 Å². The van der Waals surface area contributed by atoms with Gasteiger partial charge in [0.15, 0.2) is 0 Å². The van der Waals surface area contributed by atoms with Gasteiger partial charge in [0.1, 0.15) is 12.1 Å². The van der Waals surface area contributed by atoms with Gasteiger partial charge in [-0.3, -0.25) is 4.79 Å². The number of halogens is 1. The molecule has 4 heteroatoms. The number of hydrogen-bond acceptors (Lipinski definition) is 2. The van der Waals surface area contributed by atoms with Crippen molar-refractivity contribution in [3.63, 3.8) is 0 Å². The van der Waals surface area contributed by atoms with Crippen LogP contribution in [0.25, 0.3) is 10.9 Å². The molecule has 1 N–H and O–H groups in total. The summed E-state index contributed by atoms with van der Waals surface area (Å²) in [5, 5.41) is 0.762. The van der Waals surface area contributed by atoms with Crippen LogP contribution < -0.4 is 5.56 Å². The summed E-state index contributed by atoms with van der Waals surface area (Å²) in [4.78, 5) is 24.2. The first-order valence-corrected chi connectivity index (χ1v) is 4.88. The second kappa shape index (κ2) is 3.89. The SMILES string of the molecule is Cc1cc(F)c(CC=O)c2[nH]c(=O)ccc12. The summed E-state index contributed by atoms with van der Waals surface area (Å²) in [5.74, 6) is -0.459. The standard InChI is InChI=1S/C12H10FNO2/c1-7-6-10(13)9(4-5-15)12-8(7)2-3-11(16)14-12/h2-3,5-6H,4H2,1H3,(H,14,16). The van der Waals surface area contributed by atoms with Crippen LogP contribution >= 0.6 is 0 Å². The molecule has 2 rings (SSSR count). The van der Waals surface area contributed by atoms with Crippen LogP contribution in [0.5, 0.6) is 0 Å². The predicted octanol–water partition coefficient (Wildman–Crippen LogP) is 1.72. The summed E-state index contributed by atoms with van der Waals surface area (Å²) >= 11 is 0. The van der Waals surface area contributed by atoms with Crippen molar-refractivity contribution in [1.82, 2.24) is 4.98 Å². The maximum absolute atomic E-state index is 13.6. The first kappa shape index (κ1) is 10.5. The fraction of sp³-hybridized carbons (Fsp3) is 0.167. The van der Waals surface area contributed by atoms with E-state index in [4.69, 9.17) is 0 Å². The third-order valence-corrected chi connectivity index (χ3v) is 2.56. The molecular weight excluding hydrogens is 209 g/mol. The van der Waals surface area contributed by atoms with E-state index in [1.54, 1.807) is 13.0 Å². The van der Waals surface area contributed by atoms with Gasteiger partial charge in [-0.15, -0.1) is 0 Å². The Morgan fingerprint density at radius 3 is 2.88 bits per heavy atom. The van der Waals surface area contributed by atoms with Crippen molar-refractivity contribution in [2.24, 2.45) is 0 Å². The second-order valence-corrected chi connectivity index (χ2v) is 3.64. The molecule has 0 saturated carbocycles. The first-order valence-electron chi connectivity index (χ1n) is 4.88. The van der Waals surface area contributed by atoms with E-state index >= 15 is 0 Å². The van der Waals surface area contributed by atoms with Crippen molar-refractivity contribution in [1.29, 1.82) is 0 Å². The molecule has 0 amide bonds. The van der Waals surface area contributed by atoms with Crippen molar-refractivity contribution in [2.45, 2.75) is 13.3 Å². The Bertz CT molecular complexity index is 616. The number of hydrogen-bond donors (Lipinski definition) is 1. The van der Waals surface area contributed by atoms with Crippen molar-refractivity contribution >= 4 is 17.2 Å². The molecule has 0 aliphatic heterocycles. The zero-order valence-electron chi connectivity index (χ0n) is 8.71. The Balaban J connectivity index is 2.91. The number of aldehydes is 1. The maximum atomic E-state index is 13.6. The van der Waals surface area contributed by atoms with Gasteiger partial charge in [0.2, 0.25) is 5.56 Å². The number of aromatic amines is 1. The van der Waals surface area contributed by atoms with Crippen molar-refractivity contribution in [2.75, 3.05) is 0 Å². The predicted molar refractivity (Wildman–Crippen MR) is 59.0 cm³/mol. The molecule has 0 fully saturated rings. The monoisotopic (exact) mass is 219 g/mol. The number of aromatic nitrogens is 1. The molecule has 1 heterocycles. The normalized spacial score (nSPS) is 10.6. The third kappa shape index (κ3) is 1.62. The summed E-state index contributed by atoms with van der Waals surface area (Å²) in [5.41, 5.74) is 1.09. The Morgan fingerprint density at radius 1 is 1.44 bits per heavy atom. The number of rotatable bonds is 2. The highest BCUT2D eigenvalue weighted by atomic mass is 19.1. The smallest absolute Gasteiger partial charge is 0.248 e. The number of carbonyl (C=O) groups is 1. The number of benzene rings is 1. The van der Waals surface area contributed by atoms with Crippen LogP contribution in [0.3, 0.4) is 0 Å². The van der Waals surface area contributed by atoms with Gasteiger partial charge in [-0.05, 0) is 24.6 Å². The molecule has 0 atom stereocenters. The van der Waals surface area contributed by atoms with Crippen molar-refractivity contribution < 1.29 is 9.18 Å². The average Bonchev–Trinajstić information content (AvgIpc) is 2.23. The van der Waals surface area contributed by atoms with E-state index in [1.807, 2.05) is 0 Å². The number of nitrogens with one attached hydrogen (secondary N) is 1. The van der Waals surface area contributed by atoms with Gasteiger partial charge < -0.3 is 9.78 Å². The Morgan fingerprint density at radius 2 is 2.19 bits per heavy atom. The summed E-state index contributed by atoms with van der Waals surface area (Å²) < 4.78 is 13.6. The van der Waals surface area contributed by atoms with Gasteiger partial charge in [-0.1, -0.05) is 0 Å². The van der Waals surface area contributed by atoms with Crippen LogP contribution in [0, 0.1) is 12.7 Å². The molecule has 1 aromatic carbocycles. The molecule has 0 bridgehead atoms. The maximum Gasteiger partial charge on any atom is 0.248 e. The molecular formula is C12H10FNO2. The van der Waals surface area contributed by atoms with E-state index in [-0.39, 0.29) is 17.5 Å². The lowest BCUT2D eigenvalue weighted by Gasteiger charge is -2.07.